The number of carbonyl (C=O) groups is 2. The SMILES string of the molecule is C[C@@H]1C[C@H]1C(=O)N1CCC[C@](Cc2ccccc2-c2cncnc2)(C(=O)N(C)C)C1. The lowest BCUT2D eigenvalue weighted by Gasteiger charge is -2.43. The van der Waals surface area contributed by atoms with Crippen molar-refractivity contribution >= 4 is 11.8 Å². The smallest absolute Gasteiger partial charge is 0.230 e. The second kappa shape index (κ2) is 8.17. The zero-order valence-corrected chi connectivity index (χ0v) is 18.0. The Hall–Kier alpha value is -2.76. The van der Waals surface area contributed by atoms with Crippen LogP contribution in [0.25, 0.3) is 11.1 Å². The van der Waals surface area contributed by atoms with Gasteiger partial charge in [0.2, 0.25) is 11.8 Å². The third-order valence-electron chi connectivity index (χ3n) is 6.59. The molecular weight excluding hydrogens is 376 g/mol. The summed E-state index contributed by atoms with van der Waals surface area (Å²) < 4.78 is 0. The van der Waals surface area contributed by atoms with Gasteiger partial charge in [-0.1, -0.05) is 31.2 Å². The van der Waals surface area contributed by atoms with Crippen molar-refractivity contribution in [2.75, 3.05) is 27.2 Å². The van der Waals surface area contributed by atoms with Gasteiger partial charge in [0.05, 0.1) is 5.41 Å². The van der Waals surface area contributed by atoms with E-state index < -0.39 is 5.41 Å². The van der Waals surface area contributed by atoms with E-state index in [1.807, 2.05) is 31.1 Å². The summed E-state index contributed by atoms with van der Waals surface area (Å²) in [6, 6.07) is 8.14. The molecule has 30 heavy (non-hydrogen) atoms. The van der Waals surface area contributed by atoms with E-state index in [1.165, 1.54) is 6.33 Å². The van der Waals surface area contributed by atoms with E-state index in [9.17, 15) is 9.59 Å². The van der Waals surface area contributed by atoms with Crippen LogP contribution in [0.15, 0.2) is 43.0 Å². The molecule has 0 bridgehead atoms. The first kappa shape index (κ1) is 20.5. The van der Waals surface area contributed by atoms with Crippen LogP contribution >= 0.6 is 0 Å². The second-order valence-corrected chi connectivity index (χ2v) is 9.12. The van der Waals surface area contributed by atoms with E-state index in [2.05, 4.69) is 29.0 Å². The number of amides is 2. The summed E-state index contributed by atoms with van der Waals surface area (Å²) in [4.78, 5) is 38.4. The molecule has 1 saturated carbocycles. The number of piperidine rings is 1. The summed E-state index contributed by atoms with van der Waals surface area (Å²) in [5, 5.41) is 0. The molecular formula is C24H30N4O2. The molecule has 2 aliphatic rings. The van der Waals surface area contributed by atoms with Crippen molar-refractivity contribution in [1.82, 2.24) is 19.8 Å². The Labute approximate surface area is 178 Å². The molecule has 2 fully saturated rings. The molecule has 0 N–H and O–H groups in total. The van der Waals surface area contributed by atoms with Gasteiger partial charge >= 0.3 is 0 Å². The Morgan fingerprint density at radius 1 is 1.20 bits per heavy atom. The van der Waals surface area contributed by atoms with E-state index in [0.717, 1.165) is 42.5 Å². The van der Waals surface area contributed by atoms with Gasteiger partial charge < -0.3 is 9.80 Å². The number of nitrogens with zero attached hydrogens (tertiary/aromatic N) is 4. The van der Waals surface area contributed by atoms with Crippen LogP contribution in [-0.4, -0.2) is 58.8 Å². The minimum atomic E-state index is -0.610. The lowest BCUT2D eigenvalue weighted by molar-refractivity contribution is -0.147. The van der Waals surface area contributed by atoms with Crippen LogP contribution in [0.3, 0.4) is 0 Å². The topological polar surface area (TPSA) is 66.4 Å². The Balaban J connectivity index is 1.67. The fourth-order valence-electron chi connectivity index (χ4n) is 4.85. The molecule has 2 heterocycles. The second-order valence-electron chi connectivity index (χ2n) is 9.12. The summed E-state index contributed by atoms with van der Waals surface area (Å²) >= 11 is 0. The maximum absolute atomic E-state index is 13.5. The van der Waals surface area contributed by atoms with Gasteiger partial charge in [0, 0.05) is 51.1 Å². The zero-order valence-electron chi connectivity index (χ0n) is 18.0. The van der Waals surface area contributed by atoms with Crippen molar-refractivity contribution in [1.29, 1.82) is 0 Å². The van der Waals surface area contributed by atoms with Crippen molar-refractivity contribution in [3.8, 4) is 11.1 Å². The lowest BCUT2D eigenvalue weighted by Crippen LogP contribution is -2.54. The molecule has 6 heteroatoms. The van der Waals surface area contributed by atoms with Gasteiger partial charge in [0.25, 0.3) is 0 Å². The summed E-state index contributed by atoms with van der Waals surface area (Å²) in [7, 11) is 3.62. The highest BCUT2D eigenvalue weighted by Crippen LogP contribution is 2.43. The molecule has 1 aliphatic heterocycles. The standard InChI is InChI=1S/C24H30N4O2/c1-17-11-21(17)22(29)28-10-6-9-24(15-28,23(30)27(2)3)12-18-7-4-5-8-20(18)19-13-25-16-26-14-19/h4-5,7-8,13-14,16-17,21H,6,9-12,15H2,1-3H3/t17-,21-,24-/m1/s1. The summed E-state index contributed by atoms with van der Waals surface area (Å²) in [6.45, 7) is 3.37. The lowest BCUT2D eigenvalue weighted by atomic mass is 9.73. The van der Waals surface area contributed by atoms with Crippen molar-refractivity contribution in [3.63, 3.8) is 0 Å². The van der Waals surface area contributed by atoms with Gasteiger partial charge in [0.1, 0.15) is 6.33 Å². The monoisotopic (exact) mass is 406 g/mol. The maximum Gasteiger partial charge on any atom is 0.230 e. The number of likely N-dealkylation sites (tertiary alicyclic amines) is 1. The third kappa shape index (κ3) is 3.95. The number of rotatable bonds is 5. The molecule has 2 amide bonds. The van der Waals surface area contributed by atoms with Crippen LogP contribution in [-0.2, 0) is 16.0 Å². The first-order valence-corrected chi connectivity index (χ1v) is 10.7. The molecule has 4 rings (SSSR count). The van der Waals surface area contributed by atoms with E-state index in [-0.39, 0.29) is 17.7 Å². The molecule has 3 atom stereocenters. The van der Waals surface area contributed by atoms with Crippen molar-refractivity contribution < 1.29 is 9.59 Å². The normalized spacial score (nSPS) is 25.6. The fraction of sp³-hybridized carbons (Fsp3) is 0.500. The molecule has 158 valence electrons. The van der Waals surface area contributed by atoms with Gasteiger partial charge in [0.15, 0.2) is 0 Å². The molecule has 0 unspecified atom stereocenters. The van der Waals surface area contributed by atoms with Crippen LogP contribution in [0.1, 0.15) is 31.7 Å². The predicted octanol–water partition coefficient (Wildman–Crippen LogP) is 3.04. The number of hydrogen-bond donors (Lipinski definition) is 0. The summed E-state index contributed by atoms with van der Waals surface area (Å²) in [5.41, 5.74) is 2.47. The summed E-state index contributed by atoms with van der Waals surface area (Å²) in [5.74, 6) is 0.937. The van der Waals surface area contributed by atoms with E-state index in [0.29, 0.717) is 18.9 Å². The Morgan fingerprint density at radius 3 is 2.57 bits per heavy atom. The predicted molar refractivity (Wildman–Crippen MR) is 115 cm³/mol. The molecule has 1 aliphatic carbocycles. The molecule has 1 aromatic carbocycles. The molecule has 1 aromatic heterocycles. The van der Waals surface area contributed by atoms with Crippen LogP contribution in [0.5, 0.6) is 0 Å². The molecule has 0 spiro atoms. The van der Waals surface area contributed by atoms with Crippen molar-refractivity contribution in [2.45, 2.75) is 32.6 Å². The van der Waals surface area contributed by atoms with Gasteiger partial charge in [-0.2, -0.15) is 0 Å². The Kier molecular flexibility index (Phi) is 5.58. The minimum Gasteiger partial charge on any atom is -0.348 e. The quantitative estimate of drug-likeness (QED) is 0.766. The van der Waals surface area contributed by atoms with Gasteiger partial charge in [-0.25, -0.2) is 9.97 Å². The van der Waals surface area contributed by atoms with Crippen molar-refractivity contribution in [2.24, 2.45) is 17.3 Å². The zero-order chi connectivity index (χ0) is 21.3. The van der Waals surface area contributed by atoms with E-state index in [4.69, 9.17) is 0 Å². The first-order chi connectivity index (χ1) is 14.4. The van der Waals surface area contributed by atoms with Crippen LogP contribution in [0, 0.1) is 17.3 Å². The molecule has 2 aromatic rings. The fourth-order valence-corrected chi connectivity index (χ4v) is 4.85. The molecule has 0 radical (unpaired) electrons. The third-order valence-corrected chi connectivity index (χ3v) is 6.59. The van der Waals surface area contributed by atoms with E-state index >= 15 is 0 Å². The number of benzene rings is 1. The Morgan fingerprint density at radius 2 is 1.90 bits per heavy atom. The first-order valence-electron chi connectivity index (χ1n) is 10.7. The molecule has 1 saturated heterocycles. The number of aromatic nitrogens is 2. The summed E-state index contributed by atoms with van der Waals surface area (Å²) in [6.07, 6.45) is 8.33. The Bertz CT molecular complexity index is 930. The minimum absolute atomic E-state index is 0.1000. The molecule has 6 nitrogen and oxygen atoms in total. The van der Waals surface area contributed by atoms with Crippen LogP contribution in [0.4, 0.5) is 0 Å². The largest absolute Gasteiger partial charge is 0.348 e. The highest BCUT2D eigenvalue weighted by molar-refractivity contribution is 5.86. The van der Waals surface area contributed by atoms with Gasteiger partial charge in [-0.3, -0.25) is 9.59 Å². The van der Waals surface area contributed by atoms with E-state index in [1.54, 1.807) is 17.3 Å². The van der Waals surface area contributed by atoms with Gasteiger partial charge in [-0.05, 0) is 42.7 Å². The number of carbonyl (C=O) groups excluding carboxylic acids is 2. The average Bonchev–Trinajstić information content (AvgIpc) is 3.50. The maximum atomic E-state index is 13.5. The highest BCUT2D eigenvalue weighted by atomic mass is 16.2. The van der Waals surface area contributed by atoms with Crippen LogP contribution < -0.4 is 0 Å². The average molecular weight is 407 g/mol. The number of hydrogen-bond acceptors (Lipinski definition) is 4. The van der Waals surface area contributed by atoms with Crippen LogP contribution in [0.2, 0.25) is 0 Å². The van der Waals surface area contributed by atoms with Crippen molar-refractivity contribution in [3.05, 3.63) is 48.5 Å². The van der Waals surface area contributed by atoms with Gasteiger partial charge in [-0.15, -0.1) is 0 Å². The highest BCUT2D eigenvalue weighted by Gasteiger charge is 2.48.